The van der Waals surface area contributed by atoms with Gasteiger partial charge in [0, 0.05) is 14.7 Å². The zero-order valence-corrected chi connectivity index (χ0v) is 23.6. The fourth-order valence-electron chi connectivity index (χ4n) is 3.72. The number of benzene rings is 1. The van der Waals surface area contributed by atoms with Crippen molar-refractivity contribution < 1.29 is 0 Å². The fraction of sp³-hybridized carbons (Fsp3) is 0.786. The maximum atomic E-state index is 2.46. The van der Waals surface area contributed by atoms with Crippen molar-refractivity contribution in [3.63, 3.8) is 0 Å². The summed E-state index contributed by atoms with van der Waals surface area (Å²) in [6, 6.07) is 4.92. The van der Waals surface area contributed by atoms with Gasteiger partial charge in [0.1, 0.15) is 0 Å². The van der Waals surface area contributed by atoms with Crippen molar-refractivity contribution in [2.75, 3.05) is 17.3 Å². The van der Waals surface area contributed by atoms with Gasteiger partial charge in [-0.1, -0.05) is 97.8 Å². The van der Waals surface area contributed by atoms with E-state index in [-0.39, 0.29) is 0 Å². The zero-order chi connectivity index (χ0) is 22.6. The Bertz CT molecular complexity index is 504. The molecule has 0 saturated carbocycles. The van der Waals surface area contributed by atoms with E-state index in [1.54, 1.807) is 14.7 Å². The third-order valence-electron chi connectivity index (χ3n) is 5.67. The number of rotatable bonds is 21. The molecule has 0 fully saturated rings. The molecule has 0 aromatic heterocycles. The maximum Gasteiger partial charge on any atom is 0.0344 e. The summed E-state index contributed by atoms with van der Waals surface area (Å²) in [5, 5.41) is 0. The molecule has 3 heteroatoms. The summed E-state index contributed by atoms with van der Waals surface area (Å²) >= 11 is 6.39. The van der Waals surface area contributed by atoms with Crippen LogP contribution in [-0.4, -0.2) is 17.3 Å². The van der Waals surface area contributed by atoms with Crippen LogP contribution in [0.2, 0.25) is 0 Å². The molecule has 0 heterocycles. The summed E-state index contributed by atoms with van der Waals surface area (Å²) in [6.45, 7) is 9.20. The van der Waals surface area contributed by atoms with E-state index in [0.717, 1.165) is 0 Å². The Morgan fingerprint density at radius 2 is 0.839 bits per heavy atom. The Morgan fingerprint density at radius 1 is 0.484 bits per heavy atom. The zero-order valence-electron chi connectivity index (χ0n) is 21.1. The van der Waals surface area contributed by atoms with Gasteiger partial charge in [-0.3, -0.25) is 0 Å². The highest BCUT2D eigenvalue weighted by molar-refractivity contribution is 8.03. The van der Waals surface area contributed by atoms with Crippen LogP contribution in [0.25, 0.3) is 0 Å². The predicted molar refractivity (Wildman–Crippen MR) is 150 cm³/mol. The fourth-order valence-corrected chi connectivity index (χ4v) is 7.60. The van der Waals surface area contributed by atoms with E-state index in [2.05, 4.69) is 75.1 Å². The van der Waals surface area contributed by atoms with E-state index in [0.29, 0.717) is 0 Å². The minimum absolute atomic E-state index is 1.28. The van der Waals surface area contributed by atoms with Gasteiger partial charge in [0.25, 0.3) is 0 Å². The standard InChI is InChI=1S/C28H50S3/c1-5-8-11-14-17-20-29-26-23-25(4)24-27(30-21-18-15-12-9-6-2)28(26)31-22-19-16-13-10-7-3/h23-24H,5-22H2,1-4H3. The van der Waals surface area contributed by atoms with Gasteiger partial charge in [-0.25, -0.2) is 0 Å². The van der Waals surface area contributed by atoms with Crippen molar-refractivity contribution in [1.82, 2.24) is 0 Å². The van der Waals surface area contributed by atoms with E-state index >= 15 is 0 Å². The van der Waals surface area contributed by atoms with Crippen molar-refractivity contribution in [3.8, 4) is 0 Å². The molecule has 0 aliphatic heterocycles. The molecule has 0 saturated heterocycles. The summed E-state index contributed by atoms with van der Waals surface area (Å²) in [5.74, 6) is 3.83. The molecular weight excluding hydrogens is 433 g/mol. The van der Waals surface area contributed by atoms with Gasteiger partial charge in [-0.15, -0.1) is 35.3 Å². The number of hydrogen-bond donors (Lipinski definition) is 0. The molecule has 0 unspecified atom stereocenters. The normalized spacial score (nSPS) is 11.4. The first-order valence-electron chi connectivity index (χ1n) is 13.3. The second-order valence-corrected chi connectivity index (χ2v) is 12.3. The first-order valence-corrected chi connectivity index (χ1v) is 16.2. The van der Waals surface area contributed by atoms with E-state index in [9.17, 15) is 0 Å². The number of aryl methyl sites for hydroxylation is 1. The van der Waals surface area contributed by atoms with Gasteiger partial charge in [0.15, 0.2) is 0 Å². The molecule has 1 rings (SSSR count). The quantitative estimate of drug-likeness (QED) is 0.126. The third-order valence-corrected chi connectivity index (χ3v) is 9.40. The van der Waals surface area contributed by atoms with E-state index in [4.69, 9.17) is 0 Å². The topological polar surface area (TPSA) is 0 Å². The molecular formula is C28H50S3. The van der Waals surface area contributed by atoms with Gasteiger partial charge < -0.3 is 0 Å². The molecule has 0 aliphatic carbocycles. The van der Waals surface area contributed by atoms with Crippen LogP contribution in [0.1, 0.15) is 123 Å². The molecule has 31 heavy (non-hydrogen) atoms. The molecule has 0 nitrogen and oxygen atoms in total. The highest BCUT2D eigenvalue weighted by atomic mass is 32.2. The Morgan fingerprint density at radius 3 is 1.23 bits per heavy atom. The van der Waals surface area contributed by atoms with Gasteiger partial charge >= 0.3 is 0 Å². The first kappa shape index (κ1) is 29.3. The molecule has 0 amide bonds. The van der Waals surface area contributed by atoms with Crippen LogP contribution in [0.4, 0.5) is 0 Å². The number of thioether (sulfide) groups is 3. The maximum absolute atomic E-state index is 2.46. The highest BCUT2D eigenvalue weighted by Crippen LogP contribution is 2.41. The minimum atomic E-state index is 1.28. The summed E-state index contributed by atoms with van der Waals surface area (Å²) < 4.78 is 0. The molecule has 0 bridgehead atoms. The molecule has 0 radical (unpaired) electrons. The molecule has 0 spiro atoms. The van der Waals surface area contributed by atoms with E-state index < -0.39 is 0 Å². The monoisotopic (exact) mass is 482 g/mol. The summed E-state index contributed by atoms with van der Waals surface area (Å²) in [4.78, 5) is 4.71. The van der Waals surface area contributed by atoms with Crippen LogP contribution in [0.15, 0.2) is 26.8 Å². The van der Waals surface area contributed by atoms with Crippen molar-refractivity contribution in [1.29, 1.82) is 0 Å². The SMILES string of the molecule is CCCCCCCSc1cc(C)cc(SCCCCCCC)c1SCCCCCCC. The Hall–Kier alpha value is 0.270. The molecule has 1 aromatic carbocycles. The van der Waals surface area contributed by atoms with Crippen LogP contribution < -0.4 is 0 Å². The second kappa shape index (κ2) is 20.8. The van der Waals surface area contributed by atoms with Crippen molar-refractivity contribution >= 4 is 35.3 Å². The molecule has 0 aliphatic rings. The molecule has 0 N–H and O–H groups in total. The lowest BCUT2D eigenvalue weighted by atomic mass is 10.2. The first-order chi connectivity index (χ1) is 15.2. The summed E-state index contributed by atoms with van der Waals surface area (Å²) in [6.07, 6.45) is 20.7. The van der Waals surface area contributed by atoms with E-state index in [1.807, 2.05) is 0 Å². The molecule has 0 atom stereocenters. The average molecular weight is 483 g/mol. The van der Waals surface area contributed by atoms with Gasteiger partial charge in [-0.2, -0.15) is 0 Å². The molecule has 1 aromatic rings. The summed E-state index contributed by atoms with van der Waals surface area (Å²) in [5.41, 5.74) is 1.44. The lowest BCUT2D eigenvalue weighted by Gasteiger charge is -2.16. The number of hydrogen-bond acceptors (Lipinski definition) is 3. The second-order valence-electron chi connectivity index (χ2n) is 8.88. The summed E-state index contributed by atoms with van der Waals surface area (Å²) in [7, 11) is 0. The van der Waals surface area contributed by atoms with E-state index in [1.165, 1.54) is 119 Å². The minimum Gasteiger partial charge on any atom is -0.125 e. The van der Waals surface area contributed by atoms with Crippen molar-refractivity contribution in [3.05, 3.63) is 17.7 Å². The van der Waals surface area contributed by atoms with Crippen molar-refractivity contribution in [2.24, 2.45) is 0 Å². The molecule has 180 valence electrons. The van der Waals surface area contributed by atoms with Crippen LogP contribution >= 0.6 is 35.3 Å². The van der Waals surface area contributed by atoms with Crippen LogP contribution in [-0.2, 0) is 0 Å². The Kier molecular flexibility index (Phi) is 19.7. The highest BCUT2D eigenvalue weighted by Gasteiger charge is 2.12. The van der Waals surface area contributed by atoms with Gasteiger partial charge in [0.2, 0.25) is 0 Å². The van der Waals surface area contributed by atoms with Crippen LogP contribution in [0, 0.1) is 6.92 Å². The third kappa shape index (κ3) is 14.9. The number of unbranched alkanes of at least 4 members (excludes halogenated alkanes) is 12. The van der Waals surface area contributed by atoms with Gasteiger partial charge in [0.05, 0.1) is 0 Å². The van der Waals surface area contributed by atoms with Gasteiger partial charge in [-0.05, 0) is 61.1 Å². The largest absolute Gasteiger partial charge is 0.125 e. The van der Waals surface area contributed by atoms with Crippen LogP contribution in [0.5, 0.6) is 0 Å². The Balaban J connectivity index is 2.66. The predicted octanol–water partition coefficient (Wildman–Crippen LogP) is 11.2. The average Bonchev–Trinajstić information content (AvgIpc) is 2.76. The Labute approximate surface area is 208 Å². The lowest BCUT2D eigenvalue weighted by Crippen LogP contribution is -1.92. The lowest BCUT2D eigenvalue weighted by molar-refractivity contribution is 0.658. The smallest absolute Gasteiger partial charge is 0.0344 e. The van der Waals surface area contributed by atoms with Crippen LogP contribution in [0.3, 0.4) is 0 Å². The van der Waals surface area contributed by atoms with Crippen molar-refractivity contribution in [2.45, 2.75) is 139 Å².